The Hall–Kier alpha value is -3.39. The molecule has 2 aromatic carbocycles. The van der Waals surface area contributed by atoms with E-state index in [1.54, 1.807) is 49.4 Å². The number of hydrogen-bond acceptors (Lipinski definition) is 5. The van der Waals surface area contributed by atoms with Crippen LogP contribution in [0.2, 0.25) is 0 Å². The first-order chi connectivity index (χ1) is 13.8. The van der Waals surface area contributed by atoms with Gasteiger partial charge in [-0.05, 0) is 55.3 Å². The highest BCUT2D eigenvalue weighted by atomic mass is 32.2. The van der Waals surface area contributed by atoms with Crippen molar-refractivity contribution in [2.45, 2.75) is 18.7 Å². The van der Waals surface area contributed by atoms with E-state index in [2.05, 4.69) is 15.0 Å². The van der Waals surface area contributed by atoms with Gasteiger partial charge < -0.3 is 10.1 Å². The molecule has 0 spiro atoms. The van der Waals surface area contributed by atoms with Crippen LogP contribution in [-0.2, 0) is 10.0 Å². The molecule has 0 saturated heterocycles. The van der Waals surface area contributed by atoms with E-state index in [1.807, 2.05) is 13.0 Å². The van der Waals surface area contributed by atoms with Gasteiger partial charge in [-0.1, -0.05) is 18.2 Å². The Kier molecular flexibility index (Phi) is 5.84. The number of ether oxygens (including phenoxy) is 1. The minimum atomic E-state index is -3.86. The molecule has 2 N–H and O–H groups in total. The first-order valence-corrected chi connectivity index (χ1v) is 10.3. The molecule has 3 aromatic rings. The molecule has 1 aromatic heterocycles. The Bertz CT molecular complexity index is 1140. The van der Waals surface area contributed by atoms with Gasteiger partial charge in [-0.25, -0.2) is 13.4 Å². The third kappa shape index (κ3) is 4.91. The summed E-state index contributed by atoms with van der Waals surface area (Å²) in [6.07, 6.45) is 1.46. The maximum absolute atomic E-state index is 12.9. The summed E-state index contributed by atoms with van der Waals surface area (Å²) in [5, 5.41) is 2.69. The number of nitrogens with one attached hydrogen (secondary N) is 2. The first-order valence-electron chi connectivity index (χ1n) is 8.80. The standard InChI is InChI=1S/C21H21N3O4S/c1-14-5-4-6-17(11-14)24-29(26,27)19-12-16(8-7-15(19)2)21(25)23-18-9-10-20(28-3)22-13-18/h4-13,24H,1-3H3,(H,23,25). The second-order valence-electron chi connectivity index (χ2n) is 6.50. The van der Waals surface area contributed by atoms with Gasteiger partial charge in [-0.3, -0.25) is 9.52 Å². The lowest BCUT2D eigenvalue weighted by molar-refractivity contribution is 0.102. The highest BCUT2D eigenvalue weighted by Gasteiger charge is 2.19. The topological polar surface area (TPSA) is 97.4 Å². The summed E-state index contributed by atoms with van der Waals surface area (Å²) in [6.45, 7) is 3.56. The molecular formula is C21H21N3O4S. The Morgan fingerprint density at radius 1 is 1.00 bits per heavy atom. The summed E-state index contributed by atoms with van der Waals surface area (Å²) in [5.41, 5.74) is 2.62. The molecule has 1 amide bonds. The zero-order valence-corrected chi connectivity index (χ0v) is 17.1. The van der Waals surface area contributed by atoms with Crippen molar-refractivity contribution in [1.82, 2.24) is 4.98 Å². The van der Waals surface area contributed by atoms with Crippen molar-refractivity contribution >= 4 is 27.3 Å². The average Bonchev–Trinajstić information content (AvgIpc) is 2.68. The number of carbonyl (C=O) groups is 1. The molecule has 0 unspecified atom stereocenters. The molecule has 0 radical (unpaired) electrons. The minimum absolute atomic E-state index is 0.0412. The predicted molar refractivity (Wildman–Crippen MR) is 112 cm³/mol. The van der Waals surface area contributed by atoms with Gasteiger partial charge in [0, 0.05) is 17.3 Å². The number of carbonyl (C=O) groups excluding carboxylic acids is 1. The molecule has 0 aliphatic rings. The smallest absolute Gasteiger partial charge is 0.262 e. The van der Waals surface area contributed by atoms with Gasteiger partial charge in [0.05, 0.1) is 23.9 Å². The molecule has 0 bridgehead atoms. The Labute approximate surface area is 169 Å². The van der Waals surface area contributed by atoms with E-state index < -0.39 is 15.9 Å². The molecule has 0 fully saturated rings. The SMILES string of the molecule is COc1ccc(NC(=O)c2ccc(C)c(S(=O)(=O)Nc3cccc(C)c3)c2)cn1. The van der Waals surface area contributed by atoms with Crippen LogP contribution < -0.4 is 14.8 Å². The summed E-state index contributed by atoms with van der Waals surface area (Å²) in [4.78, 5) is 16.6. The number of aryl methyl sites for hydroxylation is 2. The lowest BCUT2D eigenvalue weighted by Gasteiger charge is -2.13. The Balaban J connectivity index is 1.85. The Morgan fingerprint density at radius 2 is 1.79 bits per heavy atom. The minimum Gasteiger partial charge on any atom is -0.481 e. The third-order valence-corrected chi connectivity index (χ3v) is 5.74. The number of sulfonamides is 1. The number of nitrogens with zero attached hydrogens (tertiary/aromatic N) is 1. The largest absolute Gasteiger partial charge is 0.481 e. The Morgan fingerprint density at radius 3 is 2.45 bits per heavy atom. The molecule has 1 heterocycles. The molecule has 0 aliphatic heterocycles. The maximum atomic E-state index is 12.9. The molecule has 0 atom stereocenters. The van der Waals surface area contributed by atoms with Crippen molar-refractivity contribution in [2.24, 2.45) is 0 Å². The van der Waals surface area contributed by atoms with Gasteiger partial charge in [0.25, 0.3) is 15.9 Å². The highest BCUT2D eigenvalue weighted by Crippen LogP contribution is 2.22. The van der Waals surface area contributed by atoms with Crippen LogP contribution in [0.25, 0.3) is 0 Å². The zero-order valence-electron chi connectivity index (χ0n) is 16.3. The van der Waals surface area contributed by atoms with Crippen LogP contribution in [0.1, 0.15) is 21.5 Å². The summed E-state index contributed by atoms with van der Waals surface area (Å²) in [5.74, 6) is -0.0158. The van der Waals surface area contributed by atoms with E-state index in [4.69, 9.17) is 4.74 Å². The van der Waals surface area contributed by atoms with Gasteiger partial charge >= 0.3 is 0 Å². The number of methoxy groups -OCH3 is 1. The lowest BCUT2D eigenvalue weighted by Crippen LogP contribution is -2.17. The van der Waals surface area contributed by atoms with Gasteiger partial charge in [0.1, 0.15) is 0 Å². The molecule has 3 rings (SSSR count). The van der Waals surface area contributed by atoms with Crippen LogP contribution in [-0.4, -0.2) is 26.4 Å². The average molecular weight is 411 g/mol. The van der Waals surface area contributed by atoms with Crippen molar-refractivity contribution in [3.8, 4) is 5.88 Å². The highest BCUT2D eigenvalue weighted by molar-refractivity contribution is 7.92. The maximum Gasteiger partial charge on any atom is 0.262 e. The van der Waals surface area contributed by atoms with Crippen LogP contribution in [0, 0.1) is 13.8 Å². The number of pyridine rings is 1. The first kappa shape index (κ1) is 20.3. The van der Waals surface area contributed by atoms with Crippen LogP contribution in [0.3, 0.4) is 0 Å². The summed E-state index contributed by atoms with van der Waals surface area (Å²) in [6, 6.07) is 14.9. The van der Waals surface area contributed by atoms with E-state index in [0.717, 1.165) is 5.56 Å². The van der Waals surface area contributed by atoms with E-state index in [1.165, 1.54) is 19.4 Å². The van der Waals surface area contributed by atoms with Crippen molar-refractivity contribution in [3.63, 3.8) is 0 Å². The van der Waals surface area contributed by atoms with Crippen molar-refractivity contribution in [2.75, 3.05) is 17.1 Å². The van der Waals surface area contributed by atoms with Crippen LogP contribution in [0.4, 0.5) is 11.4 Å². The predicted octanol–water partition coefficient (Wildman–Crippen LogP) is 3.76. The third-order valence-electron chi connectivity index (χ3n) is 4.21. The van der Waals surface area contributed by atoms with E-state index in [9.17, 15) is 13.2 Å². The fourth-order valence-electron chi connectivity index (χ4n) is 2.73. The van der Waals surface area contributed by atoms with Crippen molar-refractivity contribution in [1.29, 1.82) is 0 Å². The molecule has 7 nitrogen and oxygen atoms in total. The molecular weight excluding hydrogens is 390 g/mol. The number of hydrogen-bond donors (Lipinski definition) is 2. The number of amides is 1. The van der Waals surface area contributed by atoms with Crippen LogP contribution in [0.15, 0.2) is 65.7 Å². The van der Waals surface area contributed by atoms with Crippen LogP contribution >= 0.6 is 0 Å². The van der Waals surface area contributed by atoms with E-state index >= 15 is 0 Å². The van der Waals surface area contributed by atoms with E-state index in [-0.39, 0.29) is 10.5 Å². The summed E-state index contributed by atoms with van der Waals surface area (Å²) in [7, 11) is -2.36. The molecule has 150 valence electrons. The number of benzene rings is 2. The normalized spacial score (nSPS) is 11.0. The zero-order chi connectivity index (χ0) is 21.0. The van der Waals surface area contributed by atoms with Gasteiger partial charge in [0.15, 0.2) is 0 Å². The fourth-order valence-corrected chi connectivity index (χ4v) is 4.05. The molecule has 8 heteroatoms. The van der Waals surface area contributed by atoms with Crippen molar-refractivity contribution < 1.29 is 17.9 Å². The van der Waals surface area contributed by atoms with Crippen molar-refractivity contribution in [3.05, 3.63) is 77.5 Å². The van der Waals surface area contributed by atoms with Crippen LogP contribution in [0.5, 0.6) is 5.88 Å². The second kappa shape index (κ2) is 8.32. The summed E-state index contributed by atoms with van der Waals surface area (Å²) < 4.78 is 33.3. The number of aromatic nitrogens is 1. The molecule has 29 heavy (non-hydrogen) atoms. The molecule has 0 saturated carbocycles. The summed E-state index contributed by atoms with van der Waals surface area (Å²) >= 11 is 0. The lowest BCUT2D eigenvalue weighted by atomic mass is 10.1. The number of anilines is 2. The van der Waals surface area contributed by atoms with Gasteiger partial charge in [0.2, 0.25) is 5.88 Å². The van der Waals surface area contributed by atoms with Gasteiger partial charge in [-0.2, -0.15) is 0 Å². The fraction of sp³-hybridized carbons (Fsp3) is 0.143. The van der Waals surface area contributed by atoms with Gasteiger partial charge in [-0.15, -0.1) is 0 Å². The quantitative estimate of drug-likeness (QED) is 0.644. The molecule has 0 aliphatic carbocycles. The van der Waals surface area contributed by atoms with E-state index in [0.29, 0.717) is 22.8 Å². The second-order valence-corrected chi connectivity index (χ2v) is 8.15. The monoisotopic (exact) mass is 411 g/mol. The number of rotatable bonds is 6.